The van der Waals surface area contributed by atoms with Crippen molar-refractivity contribution in [2.75, 3.05) is 26.2 Å². The number of hydrogen-bond acceptors (Lipinski definition) is 4. The number of piperazine rings is 1. The summed E-state index contributed by atoms with van der Waals surface area (Å²) in [7, 11) is 0. The summed E-state index contributed by atoms with van der Waals surface area (Å²) in [5, 5.41) is 2.57. The third-order valence-corrected chi connectivity index (χ3v) is 7.29. The number of nitrogens with zero attached hydrogens (tertiary/aromatic N) is 3. The fourth-order valence-corrected chi connectivity index (χ4v) is 5.43. The quantitative estimate of drug-likeness (QED) is 0.537. The van der Waals surface area contributed by atoms with Gasteiger partial charge in [0.2, 0.25) is 0 Å². The Bertz CT molecular complexity index is 1070. The van der Waals surface area contributed by atoms with Gasteiger partial charge in [0.15, 0.2) is 0 Å². The molecule has 0 spiro atoms. The fourth-order valence-electron chi connectivity index (χ4n) is 4.78. The van der Waals surface area contributed by atoms with Gasteiger partial charge >= 0.3 is 0 Å². The zero-order chi connectivity index (χ0) is 21.4. The highest BCUT2D eigenvalue weighted by atomic mass is 35.5. The number of hydrogen-bond donors (Lipinski definition) is 0. The lowest BCUT2D eigenvalue weighted by Gasteiger charge is -2.46. The molecule has 0 saturated carbocycles. The Morgan fingerprint density at radius 1 is 1.06 bits per heavy atom. The molecule has 2 aliphatic heterocycles. The van der Waals surface area contributed by atoms with E-state index in [1.807, 2.05) is 22.4 Å². The molecule has 2 saturated heterocycles. The predicted octanol–water partition coefficient (Wildman–Crippen LogP) is 5.31. The molecule has 0 radical (unpaired) electrons. The Kier molecular flexibility index (Phi) is 5.78. The molecule has 2 aliphatic rings. The van der Waals surface area contributed by atoms with Gasteiger partial charge in [-0.05, 0) is 66.2 Å². The van der Waals surface area contributed by atoms with Gasteiger partial charge in [-0.3, -0.25) is 9.69 Å². The van der Waals surface area contributed by atoms with Gasteiger partial charge in [-0.1, -0.05) is 29.8 Å². The second-order valence-electron chi connectivity index (χ2n) is 8.28. The summed E-state index contributed by atoms with van der Waals surface area (Å²) in [4.78, 5) is 17.5. The van der Waals surface area contributed by atoms with Crippen molar-refractivity contribution >= 4 is 29.0 Å². The Morgan fingerprint density at radius 2 is 1.90 bits per heavy atom. The Labute approximate surface area is 190 Å². The van der Waals surface area contributed by atoms with Crippen molar-refractivity contribution in [3.8, 4) is 11.3 Å². The van der Waals surface area contributed by atoms with Crippen LogP contribution in [0.3, 0.4) is 0 Å². The minimum atomic E-state index is -0.479. The Hall–Kier alpha value is -2.28. The number of aromatic nitrogens is 1. The molecule has 3 aromatic rings. The van der Waals surface area contributed by atoms with E-state index in [-0.39, 0.29) is 11.5 Å². The summed E-state index contributed by atoms with van der Waals surface area (Å²) in [5.41, 5.74) is 2.41. The average molecular weight is 456 g/mol. The zero-order valence-corrected chi connectivity index (χ0v) is 18.6. The highest BCUT2D eigenvalue weighted by molar-refractivity contribution is 7.03. The van der Waals surface area contributed by atoms with Gasteiger partial charge in [-0.2, -0.15) is 4.37 Å². The summed E-state index contributed by atoms with van der Waals surface area (Å²) in [6.07, 6.45) is 2.11. The van der Waals surface area contributed by atoms with Crippen LogP contribution in [0.25, 0.3) is 11.3 Å². The highest BCUT2D eigenvalue weighted by Crippen LogP contribution is 2.33. The molecule has 4 nitrogen and oxygen atoms in total. The van der Waals surface area contributed by atoms with Crippen LogP contribution in [0.5, 0.6) is 0 Å². The van der Waals surface area contributed by atoms with Crippen LogP contribution in [-0.4, -0.2) is 52.3 Å². The van der Waals surface area contributed by atoms with Crippen LogP contribution in [0.15, 0.2) is 53.9 Å². The zero-order valence-electron chi connectivity index (χ0n) is 17.0. The van der Waals surface area contributed by atoms with E-state index in [4.69, 9.17) is 11.6 Å². The molecule has 0 N–H and O–H groups in total. The third kappa shape index (κ3) is 4.12. The van der Waals surface area contributed by atoms with Crippen LogP contribution in [0.1, 0.15) is 34.7 Å². The largest absolute Gasteiger partial charge is 0.336 e. The van der Waals surface area contributed by atoms with E-state index in [9.17, 15) is 4.79 Å². The van der Waals surface area contributed by atoms with Gasteiger partial charge in [-0.25, -0.2) is 4.39 Å². The van der Waals surface area contributed by atoms with E-state index in [2.05, 4.69) is 21.4 Å². The van der Waals surface area contributed by atoms with Gasteiger partial charge < -0.3 is 4.90 Å². The van der Waals surface area contributed by atoms with Gasteiger partial charge in [0.1, 0.15) is 5.82 Å². The topological polar surface area (TPSA) is 36.4 Å². The second-order valence-corrected chi connectivity index (χ2v) is 9.38. The van der Waals surface area contributed by atoms with Crippen LogP contribution in [-0.2, 0) is 0 Å². The van der Waals surface area contributed by atoms with E-state index in [0.717, 1.165) is 31.0 Å². The van der Waals surface area contributed by atoms with Crippen molar-refractivity contribution < 1.29 is 9.18 Å². The van der Waals surface area contributed by atoms with Crippen LogP contribution in [0.4, 0.5) is 4.39 Å². The molecule has 31 heavy (non-hydrogen) atoms. The lowest BCUT2D eigenvalue weighted by molar-refractivity contribution is 0.0326. The minimum Gasteiger partial charge on any atom is -0.336 e. The summed E-state index contributed by atoms with van der Waals surface area (Å²) in [6.45, 7) is 3.06. The standard InChI is InChI=1S/C24H23ClFN3OS/c25-18-7-4-16(5-8-18)17-6-9-19-15-29(12-11-28(19)14-17)24(30)21-3-1-2-20(23(21)26)22-10-13-31-27-22/h1-5,7-8,10,13,17,19H,6,9,11-12,14-15H2/t17-,19+/m0/s1. The molecular formula is C24H23ClFN3OS. The molecule has 0 unspecified atom stereocenters. The molecule has 7 heteroatoms. The van der Waals surface area contributed by atoms with Crippen molar-refractivity contribution in [3.05, 3.63) is 75.9 Å². The Morgan fingerprint density at radius 3 is 2.68 bits per heavy atom. The minimum absolute atomic E-state index is 0.133. The first kappa shape index (κ1) is 20.6. The summed E-state index contributed by atoms with van der Waals surface area (Å²) in [6, 6.07) is 15.2. The normalized spacial score (nSPS) is 21.7. The maximum absolute atomic E-state index is 15.1. The SMILES string of the molecule is O=C(c1cccc(-c2ccsn2)c1F)N1CCN2C[C@@H](c3ccc(Cl)cc3)CC[C@@H]2C1. The smallest absolute Gasteiger partial charge is 0.256 e. The van der Waals surface area contributed by atoms with Crippen LogP contribution in [0, 0.1) is 5.82 Å². The molecule has 2 atom stereocenters. The van der Waals surface area contributed by atoms with E-state index < -0.39 is 5.82 Å². The first-order chi connectivity index (χ1) is 15.1. The number of carbonyl (C=O) groups is 1. The molecule has 0 bridgehead atoms. The van der Waals surface area contributed by atoms with Gasteiger partial charge in [0, 0.05) is 48.2 Å². The van der Waals surface area contributed by atoms with Crippen molar-refractivity contribution in [1.29, 1.82) is 0 Å². The predicted molar refractivity (Wildman–Crippen MR) is 122 cm³/mol. The number of benzene rings is 2. The van der Waals surface area contributed by atoms with Crippen LogP contribution >= 0.6 is 23.1 Å². The van der Waals surface area contributed by atoms with E-state index >= 15 is 4.39 Å². The van der Waals surface area contributed by atoms with Crippen LogP contribution < -0.4 is 0 Å². The first-order valence-corrected chi connectivity index (χ1v) is 11.8. The molecule has 2 aromatic carbocycles. The highest BCUT2D eigenvalue weighted by Gasteiger charge is 2.35. The number of fused-ring (bicyclic) bond motifs is 1. The van der Waals surface area contributed by atoms with Crippen molar-refractivity contribution in [3.63, 3.8) is 0 Å². The summed E-state index contributed by atoms with van der Waals surface area (Å²) < 4.78 is 19.4. The monoisotopic (exact) mass is 455 g/mol. The molecule has 1 amide bonds. The molecular weight excluding hydrogens is 433 g/mol. The molecule has 160 valence electrons. The van der Waals surface area contributed by atoms with Crippen molar-refractivity contribution in [2.45, 2.75) is 24.8 Å². The van der Waals surface area contributed by atoms with Gasteiger partial charge in [0.05, 0.1) is 11.3 Å². The van der Waals surface area contributed by atoms with Crippen molar-refractivity contribution in [2.24, 2.45) is 0 Å². The maximum Gasteiger partial charge on any atom is 0.256 e. The van der Waals surface area contributed by atoms with Gasteiger partial charge in [-0.15, -0.1) is 0 Å². The average Bonchev–Trinajstić information content (AvgIpc) is 3.33. The molecule has 0 aliphatic carbocycles. The molecule has 1 aromatic heterocycles. The van der Waals surface area contributed by atoms with E-state index in [1.54, 1.807) is 24.3 Å². The molecule has 2 fully saturated rings. The van der Waals surface area contributed by atoms with E-state index in [1.165, 1.54) is 17.1 Å². The summed E-state index contributed by atoms with van der Waals surface area (Å²) in [5.74, 6) is -0.218. The fraction of sp³-hybridized carbons (Fsp3) is 0.333. The second kappa shape index (κ2) is 8.69. The number of amides is 1. The molecule has 3 heterocycles. The third-order valence-electron chi connectivity index (χ3n) is 6.48. The van der Waals surface area contributed by atoms with Crippen LogP contribution in [0.2, 0.25) is 5.02 Å². The number of carbonyl (C=O) groups excluding carboxylic acids is 1. The number of halogens is 2. The van der Waals surface area contributed by atoms with E-state index in [0.29, 0.717) is 36.3 Å². The first-order valence-electron chi connectivity index (χ1n) is 10.6. The number of rotatable bonds is 3. The lowest BCUT2D eigenvalue weighted by Crippen LogP contribution is -2.57. The Balaban J connectivity index is 1.28. The molecule has 5 rings (SSSR count). The summed E-state index contributed by atoms with van der Waals surface area (Å²) >= 11 is 7.30. The lowest BCUT2D eigenvalue weighted by atomic mass is 9.86. The van der Waals surface area contributed by atoms with Crippen molar-refractivity contribution in [1.82, 2.24) is 14.2 Å². The maximum atomic E-state index is 15.1. The number of piperidine rings is 1. The van der Waals surface area contributed by atoms with Gasteiger partial charge in [0.25, 0.3) is 5.91 Å².